The Morgan fingerprint density at radius 1 is 1.22 bits per heavy atom. The second-order valence-electron chi connectivity index (χ2n) is 4.76. The van der Waals surface area contributed by atoms with E-state index in [2.05, 4.69) is 12.2 Å². The second-order valence-corrected chi connectivity index (χ2v) is 4.76. The highest BCUT2D eigenvalue weighted by atomic mass is 16.1. The molecule has 100 valence electrons. The van der Waals surface area contributed by atoms with E-state index >= 15 is 0 Å². The molecular formula is C15H24N2O. The first-order valence-electron chi connectivity index (χ1n) is 6.70. The van der Waals surface area contributed by atoms with Gasteiger partial charge in [0.2, 0.25) is 0 Å². The van der Waals surface area contributed by atoms with Crippen LogP contribution in [0.4, 0.5) is 5.69 Å². The topological polar surface area (TPSA) is 32.3 Å². The second kappa shape index (κ2) is 7.75. The minimum atomic E-state index is 0.0233. The minimum Gasteiger partial charge on any atom is -0.378 e. The molecule has 0 bridgehead atoms. The maximum atomic E-state index is 11.9. The molecule has 0 spiro atoms. The van der Waals surface area contributed by atoms with Crippen molar-refractivity contribution >= 4 is 11.6 Å². The minimum absolute atomic E-state index is 0.0233. The molecule has 0 radical (unpaired) electrons. The monoisotopic (exact) mass is 248 g/mol. The molecule has 0 heterocycles. The van der Waals surface area contributed by atoms with E-state index in [9.17, 15) is 4.79 Å². The molecule has 0 fully saturated rings. The third kappa shape index (κ3) is 4.78. The summed E-state index contributed by atoms with van der Waals surface area (Å²) < 4.78 is 0. The maximum Gasteiger partial charge on any atom is 0.251 e. The van der Waals surface area contributed by atoms with Gasteiger partial charge >= 0.3 is 0 Å². The molecule has 1 N–H and O–H groups in total. The van der Waals surface area contributed by atoms with E-state index in [0.717, 1.165) is 24.2 Å². The Bertz CT molecular complexity index is 375. The average molecular weight is 248 g/mol. The summed E-state index contributed by atoms with van der Waals surface area (Å²) in [5, 5.41) is 2.97. The van der Waals surface area contributed by atoms with Crippen molar-refractivity contribution in [1.82, 2.24) is 5.32 Å². The molecule has 3 nitrogen and oxygen atoms in total. The lowest BCUT2D eigenvalue weighted by Gasteiger charge is -2.13. The molecule has 0 saturated carbocycles. The lowest BCUT2D eigenvalue weighted by molar-refractivity contribution is 0.0953. The number of benzene rings is 1. The van der Waals surface area contributed by atoms with Gasteiger partial charge in [-0.1, -0.05) is 32.3 Å². The number of anilines is 1. The van der Waals surface area contributed by atoms with Crippen molar-refractivity contribution in [2.45, 2.75) is 32.6 Å². The average Bonchev–Trinajstić information content (AvgIpc) is 2.38. The quantitative estimate of drug-likeness (QED) is 0.752. The van der Waals surface area contributed by atoms with Gasteiger partial charge in [-0.2, -0.15) is 0 Å². The number of hydrogen-bond acceptors (Lipinski definition) is 2. The molecule has 0 saturated heterocycles. The Morgan fingerprint density at radius 2 is 2.00 bits per heavy atom. The van der Waals surface area contributed by atoms with E-state index in [1.807, 2.05) is 43.3 Å². The summed E-state index contributed by atoms with van der Waals surface area (Å²) in [5.41, 5.74) is 1.78. The standard InChI is InChI=1S/C15H24N2O/c1-4-5-6-7-11-16-15(18)13-9-8-10-14(12-13)17(2)3/h8-10,12H,4-7,11H2,1-3H3,(H,16,18). The van der Waals surface area contributed by atoms with Crippen LogP contribution in [0.5, 0.6) is 0 Å². The van der Waals surface area contributed by atoms with Crippen molar-refractivity contribution in [2.75, 3.05) is 25.5 Å². The predicted octanol–water partition coefficient (Wildman–Crippen LogP) is 3.06. The Labute approximate surface area is 110 Å². The van der Waals surface area contributed by atoms with Crippen molar-refractivity contribution < 1.29 is 4.79 Å². The van der Waals surface area contributed by atoms with Crippen LogP contribution in [0.25, 0.3) is 0 Å². The van der Waals surface area contributed by atoms with Gasteiger partial charge in [0.15, 0.2) is 0 Å². The van der Waals surface area contributed by atoms with E-state index in [4.69, 9.17) is 0 Å². The van der Waals surface area contributed by atoms with Gasteiger partial charge in [-0.3, -0.25) is 4.79 Å². The van der Waals surface area contributed by atoms with Crippen LogP contribution in [0.1, 0.15) is 43.0 Å². The van der Waals surface area contributed by atoms with Gasteiger partial charge in [0.1, 0.15) is 0 Å². The highest BCUT2D eigenvalue weighted by molar-refractivity contribution is 5.95. The molecule has 1 aromatic carbocycles. The molecule has 0 unspecified atom stereocenters. The number of nitrogens with zero attached hydrogens (tertiary/aromatic N) is 1. The van der Waals surface area contributed by atoms with E-state index < -0.39 is 0 Å². The molecule has 18 heavy (non-hydrogen) atoms. The van der Waals surface area contributed by atoms with Crippen LogP contribution in [0.2, 0.25) is 0 Å². The summed E-state index contributed by atoms with van der Waals surface area (Å²) in [6, 6.07) is 7.69. The number of carbonyl (C=O) groups excluding carboxylic acids is 1. The van der Waals surface area contributed by atoms with Gasteiger partial charge in [0.25, 0.3) is 5.91 Å². The van der Waals surface area contributed by atoms with Crippen LogP contribution in [-0.2, 0) is 0 Å². The molecule has 0 aliphatic heterocycles. The van der Waals surface area contributed by atoms with E-state index in [-0.39, 0.29) is 5.91 Å². The van der Waals surface area contributed by atoms with Gasteiger partial charge in [-0.15, -0.1) is 0 Å². The van der Waals surface area contributed by atoms with E-state index in [0.29, 0.717) is 0 Å². The van der Waals surface area contributed by atoms with E-state index in [1.165, 1.54) is 19.3 Å². The lowest BCUT2D eigenvalue weighted by atomic mass is 10.1. The summed E-state index contributed by atoms with van der Waals surface area (Å²) in [5.74, 6) is 0.0233. The van der Waals surface area contributed by atoms with Gasteiger partial charge < -0.3 is 10.2 Å². The molecule has 1 rings (SSSR count). The Balaban J connectivity index is 2.44. The number of amides is 1. The van der Waals surface area contributed by atoms with Gasteiger partial charge in [-0.25, -0.2) is 0 Å². The lowest BCUT2D eigenvalue weighted by Crippen LogP contribution is -2.24. The molecule has 0 aliphatic carbocycles. The number of hydrogen-bond donors (Lipinski definition) is 1. The number of rotatable bonds is 7. The van der Waals surface area contributed by atoms with Crippen LogP contribution in [-0.4, -0.2) is 26.5 Å². The maximum absolute atomic E-state index is 11.9. The zero-order valence-electron chi connectivity index (χ0n) is 11.7. The van der Waals surface area contributed by atoms with Gasteiger partial charge in [0, 0.05) is 31.9 Å². The number of unbranched alkanes of at least 4 members (excludes halogenated alkanes) is 3. The molecule has 0 aliphatic rings. The van der Waals surface area contributed by atoms with Crippen molar-refractivity contribution in [3.05, 3.63) is 29.8 Å². The highest BCUT2D eigenvalue weighted by Crippen LogP contribution is 2.13. The zero-order chi connectivity index (χ0) is 13.4. The van der Waals surface area contributed by atoms with Crippen LogP contribution in [0.15, 0.2) is 24.3 Å². The third-order valence-corrected chi connectivity index (χ3v) is 2.94. The molecule has 0 aromatic heterocycles. The summed E-state index contributed by atoms with van der Waals surface area (Å²) in [6.45, 7) is 2.95. The van der Waals surface area contributed by atoms with Gasteiger partial charge in [0.05, 0.1) is 0 Å². The SMILES string of the molecule is CCCCCCNC(=O)c1cccc(N(C)C)c1. The largest absolute Gasteiger partial charge is 0.378 e. The number of carbonyl (C=O) groups is 1. The third-order valence-electron chi connectivity index (χ3n) is 2.94. The van der Waals surface area contributed by atoms with Crippen LogP contribution >= 0.6 is 0 Å². The smallest absolute Gasteiger partial charge is 0.251 e. The zero-order valence-corrected chi connectivity index (χ0v) is 11.7. The highest BCUT2D eigenvalue weighted by Gasteiger charge is 2.05. The van der Waals surface area contributed by atoms with Gasteiger partial charge in [-0.05, 0) is 24.6 Å². The summed E-state index contributed by atoms with van der Waals surface area (Å²) in [4.78, 5) is 13.9. The Kier molecular flexibility index (Phi) is 6.26. The Hall–Kier alpha value is -1.51. The molecular weight excluding hydrogens is 224 g/mol. The molecule has 1 aromatic rings. The van der Waals surface area contributed by atoms with Crippen LogP contribution < -0.4 is 10.2 Å². The summed E-state index contributed by atoms with van der Waals surface area (Å²) in [7, 11) is 3.95. The van der Waals surface area contributed by atoms with Crippen molar-refractivity contribution in [3.8, 4) is 0 Å². The fraction of sp³-hybridized carbons (Fsp3) is 0.533. The molecule has 0 atom stereocenters. The first kappa shape index (κ1) is 14.6. The first-order chi connectivity index (χ1) is 8.65. The Morgan fingerprint density at radius 3 is 2.67 bits per heavy atom. The van der Waals surface area contributed by atoms with Crippen molar-refractivity contribution in [1.29, 1.82) is 0 Å². The predicted molar refractivity (Wildman–Crippen MR) is 77.2 cm³/mol. The summed E-state index contributed by atoms with van der Waals surface area (Å²) >= 11 is 0. The first-order valence-corrected chi connectivity index (χ1v) is 6.70. The van der Waals surface area contributed by atoms with E-state index in [1.54, 1.807) is 0 Å². The van der Waals surface area contributed by atoms with Crippen LogP contribution in [0, 0.1) is 0 Å². The van der Waals surface area contributed by atoms with Crippen molar-refractivity contribution in [3.63, 3.8) is 0 Å². The van der Waals surface area contributed by atoms with Crippen LogP contribution in [0.3, 0.4) is 0 Å². The summed E-state index contributed by atoms with van der Waals surface area (Å²) in [6.07, 6.45) is 4.71. The molecule has 1 amide bonds. The fourth-order valence-corrected chi connectivity index (χ4v) is 1.78. The van der Waals surface area contributed by atoms with Crippen molar-refractivity contribution in [2.24, 2.45) is 0 Å². The normalized spacial score (nSPS) is 10.2. The number of nitrogens with one attached hydrogen (secondary N) is 1. The molecule has 3 heteroatoms. The fourth-order valence-electron chi connectivity index (χ4n) is 1.78.